The van der Waals surface area contributed by atoms with Gasteiger partial charge in [-0.15, -0.1) is 0 Å². The Morgan fingerprint density at radius 3 is 2.48 bits per heavy atom. The highest BCUT2D eigenvalue weighted by atomic mass is 16.2. The van der Waals surface area contributed by atoms with Crippen LogP contribution in [-0.4, -0.2) is 67.3 Å². The van der Waals surface area contributed by atoms with Crippen LogP contribution >= 0.6 is 0 Å². The summed E-state index contributed by atoms with van der Waals surface area (Å²) in [4.78, 5) is 38.9. The summed E-state index contributed by atoms with van der Waals surface area (Å²) >= 11 is 0. The molecular weight excluding hydrogens is 320 g/mol. The van der Waals surface area contributed by atoms with Gasteiger partial charge in [-0.25, -0.2) is 4.79 Å². The predicted octanol–water partition coefficient (Wildman–Crippen LogP) is 1.56. The van der Waals surface area contributed by atoms with Gasteiger partial charge in [0.25, 0.3) is 0 Å². The number of carbonyl (C=O) groups excluding carboxylic acids is 3. The molecule has 2 rings (SSSR count). The fourth-order valence-corrected chi connectivity index (χ4v) is 2.74. The van der Waals surface area contributed by atoms with Crippen molar-refractivity contribution in [2.75, 3.05) is 39.0 Å². The van der Waals surface area contributed by atoms with E-state index < -0.39 is 0 Å². The molecule has 0 radical (unpaired) electrons. The number of hydrogen-bond acceptors (Lipinski definition) is 4. The number of ketones is 1. The van der Waals surface area contributed by atoms with Crippen LogP contribution in [0.4, 0.5) is 10.5 Å². The fourth-order valence-electron chi connectivity index (χ4n) is 2.74. The number of piperidine rings is 1. The number of anilines is 1. The number of rotatable bonds is 5. The summed E-state index contributed by atoms with van der Waals surface area (Å²) in [5.74, 6) is 0.0539. The summed E-state index contributed by atoms with van der Waals surface area (Å²) in [6, 6.07) is 6.69. The van der Waals surface area contributed by atoms with Crippen molar-refractivity contribution in [3.8, 4) is 0 Å². The van der Waals surface area contributed by atoms with Gasteiger partial charge in [0.2, 0.25) is 5.91 Å². The first-order valence-electron chi connectivity index (χ1n) is 8.46. The highest BCUT2D eigenvalue weighted by Crippen LogP contribution is 2.13. The van der Waals surface area contributed by atoms with E-state index in [0.717, 1.165) is 25.9 Å². The van der Waals surface area contributed by atoms with E-state index in [1.165, 1.54) is 6.92 Å². The Balaban J connectivity index is 1.78. The SMILES string of the molecule is CC(=O)c1cccc(NC(=O)NC2CCN(CC(=O)N(C)C)CC2)c1. The standard InChI is InChI=1S/C18H26N4O3/c1-13(23)14-5-4-6-16(11-14)20-18(25)19-15-7-9-22(10-8-15)12-17(24)21(2)3/h4-6,11,15H,7-10,12H2,1-3H3,(H2,19,20,25). The van der Waals surface area contributed by atoms with Gasteiger partial charge in [0, 0.05) is 44.5 Å². The van der Waals surface area contributed by atoms with Crippen molar-refractivity contribution in [2.24, 2.45) is 0 Å². The molecule has 0 saturated carbocycles. The molecule has 1 aliphatic heterocycles. The minimum absolute atomic E-state index is 0.0382. The predicted molar refractivity (Wildman–Crippen MR) is 96.8 cm³/mol. The Bertz CT molecular complexity index is 637. The third kappa shape index (κ3) is 5.86. The number of benzene rings is 1. The average molecular weight is 346 g/mol. The lowest BCUT2D eigenvalue weighted by molar-refractivity contribution is -0.130. The quantitative estimate of drug-likeness (QED) is 0.793. The van der Waals surface area contributed by atoms with Crippen molar-refractivity contribution in [1.29, 1.82) is 0 Å². The summed E-state index contributed by atoms with van der Waals surface area (Å²) in [6.07, 6.45) is 1.61. The Hall–Kier alpha value is -2.41. The van der Waals surface area contributed by atoms with Crippen molar-refractivity contribution in [3.63, 3.8) is 0 Å². The molecule has 1 aromatic rings. The smallest absolute Gasteiger partial charge is 0.319 e. The molecule has 25 heavy (non-hydrogen) atoms. The Morgan fingerprint density at radius 1 is 1.20 bits per heavy atom. The summed E-state index contributed by atoms with van der Waals surface area (Å²) in [5.41, 5.74) is 1.16. The molecule has 2 N–H and O–H groups in total. The average Bonchev–Trinajstić information content (AvgIpc) is 2.56. The van der Waals surface area contributed by atoms with Gasteiger partial charge in [0.1, 0.15) is 0 Å². The van der Waals surface area contributed by atoms with Gasteiger partial charge in [0.05, 0.1) is 6.54 Å². The van der Waals surface area contributed by atoms with Crippen molar-refractivity contribution >= 4 is 23.4 Å². The number of Topliss-reactive ketones (excluding diaryl/α,β-unsaturated/α-hetero) is 1. The zero-order valence-corrected chi connectivity index (χ0v) is 15.0. The normalized spacial score (nSPS) is 15.5. The van der Waals surface area contributed by atoms with Gasteiger partial charge in [-0.2, -0.15) is 0 Å². The van der Waals surface area contributed by atoms with E-state index in [0.29, 0.717) is 17.8 Å². The van der Waals surface area contributed by atoms with Gasteiger partial charge >= 0.3 is 6.03 Å². The van der Waals surface area contributed by atoms with Crippen LogP contribution in [0.1, 0.15) is 30.1 Å². The first kappa shape index (κ1) is 18.9. The van der Waals surface area contributed by atoms with E-state index >= 15 is 0 Å². The van der Waals surface area contributed by atoms with Gasteiger partial charge in [-0.05, 0) is 31.9 Å². The number of urea groups is 1. The topological polar surface area (TPSA) is 81.8 Å². The molecule has 1 aromatic carbocycles. The van der Waals surface area contributed by atoms with E-state index in [2.05, 4.69) is 15.5 Å². The maximum Gasteiger partial charge on any atom is 0.319 e. The number of carbonyl (C=O) groups is 3. The van der Waals surface area contributed by atoms with E-state index in [1.54, 1.807) is 43.3 Å². The largest absolute Gasteiger partial charge is 0.348 e. The van der Waals surface area contributed by atoms with Crippen LogP contribution in [0.15, 0.2) is 24.3 Å². The van der Waals surface area contributed by atoms with Crippen molar-refractivity contribution < 1.29 is 14.4 Å². The highest BCUT2D eigenvalue weighted by Gasteiger charge is 2.22. The van der Waals surface area contributed by atoms with Crippen LogP contribution in [-0.2, 0) is 4.79 Å². The molecule has 0 aromatic heterocycles. The second-order valence-electron chi connectivity index (χ2n) is 6.57. The number of hydrogen-bond donors (Lipinski definition) is 2. The Morgan fingerprint density at radius 2 is 1.88 bits per heavy atom. The summed E-state index contributed by atoms with van der Waals surface area (Å²) < 4.78 is 0. The second kappa shape index (κ2) is 8.62. The van der Waals surface area contributed by atoms with Crippen LogP contribution in [0.3, 0.4) is 0 Å². The lowest BCUT2D eigenvalue weighted by Crippen LogP contribution is -2.48. The minimum Gasteiger partial charge on any atom is -0.348 e. The molecule has 3 amide bonds. The third-order valence-corrected chi connectivity index (χ3v) is 4.31. The number of likely N-dealkylation sites (tertiary alicyclic amines) is 1. The Labute approximate surface area is 148 Å². The van der Waals surface area contributed by atoms with Crippen molar-refractivity contribution in [2.45, 2.75) is 25.8 Å². The van der Waals surface area contributed by atoms with Gasteiger partial charge < -0.3 is 15.5 Å². The van der Waals surface area contributed by atoms with Gasteiger partial charge in [-0.1, -0.05) is 12.1 Å². The van der Waals surface area contributed by atoms with E-state index in [4.69, 9.17) is 0 Å². The lowest BCUT2D eigenvalue weighted by atomic mass is 10.1. The molecule has 1 aliphatic rings. The maximum absolute atomic E-state index is 12.1. The molecule has 7 nitrogen and oxygen atoms in total. The van der Waals surface area contributed by atoms with E-state index in [-0.39, 0.29) is 23.8 Å². The van der Waals surface area contributed by atoms with Crippen molar-refractivity contribution in [1.82, 2.24) is 15.1 Å². The summed E-state index contributed by atoms with van der Waals surface area (Å²) in [6.45, 7) is 3.48. The number of nitrogens with one attached hydrogen (secondary N) is 2. The van der Waals surface area contributed by atoms with Crippen LogP contribution in [0.5, 0.6) is 0 Å². The molecule has 7 heteroatoms. The fraction of sp³-hybridized carbons (Fsp3) is 0.500. The molecule has 1 saturated heterocycles. The molecular formula is C18H26N4O3. The molecule has 0 bridgehead atoms. The number of likely N-dealkylation sites (N-methyl/N-ethyl adjacent to an activating group) is 1. The number of nitrogens with zero attached hydrogens (tertiary/aromatic N) is 2. The van der Waals surface area contributed by atoms with Crippen LogP contribution in [0.25, 0.3) is 0 Å². The highest BCUT2D eigenvalue weighted by molar-refractivity contribution is 5.96. The van der Waals surface area contributed by atoms with Gasteiger partial charge in [0.15, 0.2) is 5.78 Å². The molecule has 136 valence electrons. The minimum atomic E-state index is -0.275. The molecule has 0 aliphatic carbocycles. The molecule has 0 atom stereocenters. The summed E-state index contributed by atoms with van der Waals surface area (Å²) in [7, 11) is 3.50. The van der Waals surface area contributed by atoms with Crippen LogP contribution < -0.4 is 10.6 Å². The molecule has 1 heterocycles. The summed E-state index contributed by atoms with van der Waals surface area (Å²) in [5, 5.41) is 5.72. The lowest BCUT2D eigenvalue weighted by Gasteiger charge is -2.32. The molecule has 0 spiro atoms. The molecule has 0 unspecified atom stereocenters. The maximum atomic E-state index is 12.1. The van der Waals surface area contributed by atoms with Gasteiger partial charge in [-0.3, -0.25) is 14.5 Å². The monoisotopic (exact) mass is 346 g/mol. The van der Waals surface area contributed by atoms with E-state index in [9.17, 15) is 14.4 Å². The zero-order valence-electron chi connectivity index (χ0n) is 15.0. The van der Waals surface area contributed by atoms with E-state index in [1.807, 2.05) is 0 Å². The molecule has 1 fully saturated rings. The zero-order chi connectivity index (χ0) is 18.4. The third-order valence-electron chi connectivity index (χ3n) is 4.31. The van der Waals surface area contributed by atoms with Crippen molar-refractivity contribution in [3.05, 3.63) is 29.8 Å². The van der Waals surface area contributed by atoms with Crippen LogP contribution in [0.2, 0.25) is 0 Å². The number of amides is 3. The first-order chi connectivity index (χ1) is 11.8. The first-order valence-corrected chi connectivity index (χ1v) is 8.46. The second-order valence-corrected chi connectivity index (χ2v) is 6.57. The van der Waals surface area contributed by atoms with Crippen LogP contribution in [0, 0.1) is 0 Å². The Kier molecular flexibility index (Phi) is 6.52.